The molecular weight excluding hydrogens is 398 g/mol. The third kappa shape index (κ3) is 4.22. The molecule has 30 heavy (non-hydrogen) atoms. The molecule has 0 aliphatic heterocycles. The van der Waals surface area contributed by atoms with Crippen LogP contribution in [0.15, 0.2) is 60.0 Å². The second-order valence-corrected chi connectivity index (χ2v) is 7.66. The highest BCUT2D eigenvalue weighted by atomic mass is 32.1. The van der Waals surface area contributed by atoms with Crippen LogP contribution in [0.1, 0.15) is 16.1 Å². The van der Waals surface area contributed by atoms with E-state index in [-0.39, 0.29) is 5.91 Å². The lowest BCUT2D eigenvalue weighted by Crippen LogP contribution is -2.23. The van der Waals surface area contributed by atoms with Gasteiger partial charge in [-0.15, -0.1) is 11.3 Å². The van der Waals surface area contributed by atoms with Crippen molar-refractivity contribution in [2.45, 2.75) is 13.1 Å². The Morgan fingerprint density at radius 1 is 1.13 bits per heavy atom. The number of nitrogens with one attached hydrogen (secondary N) is 1. The van der Waals surface area contributed by atoms with E-state index in [0.717, 1.165) is 39.5 Å². The van der Waals surface area contributed by atoms with Gasteiger partial charge in [-0.25, -0.2) is 4.98 Å². The molecule has 0 spiro atoms. The van der Waals surface area contributed by atoms with Crippen LogP contribution >= 0.6 is 11.3 Å². The highest BCUT2D eigenvalue weighted by molar-refractivity contribution is 7.13. The summed E-state index contributed by atoms with van der Waals surface area (Å²) >= 11 is 1.47. The number of methoxy groups -OCH3 is 2. The Morgan fingerprint density at radius 2 is 1.93 bits per heavy atom. The number of para-hydroxylation sites is 1. The van der Waals surface area contributed by atoms with Gasteiger partial charge < -0.3 is 19.4 Å². The van der Waals surface area contributed by atoms with Crippen molar-refractivity contribution in [3.63, 3.8) is 0 Å². The number of nitrogens with zero attached hydrogens (tertiary/aromatic N) is 2. The predicted octanol–water partition coefficient (Wildman–Crippen LogP) is 4.35. The van der Waals surface area contributed by atoms with Gasteiger partial charge in [-0.2, -0.15) is 0 Å². The normalized spacial score (nSPS) is 11.0. The number of benzene rings is 2. The lowest BCUT2D eigenvalue weighted by molar-refractivity contribution is 0.0946. The number of amides is 1. The van der Waals surface area contributed by atoms with Gasteiger partial charge in [0.2, 0.25) is 0 Å². The third-order valence-corrected chi connectivity index (χ3v) is 5.76. The number of thiazole rings is 1. The van der Waals surface area contributed by atoms with Gasteiger partial charge in [-0.3, -0.25) is 4.79 Å². The highest BCUT2D eigenvalue weighted by Gasteiger charge is 2.16. The molecule has 6 nitrogen and oxygen atoms in total. The summed E-state index contributed by atoms with van der Waals surface area (Å²) in [5.74, 6) is 0.603. The van der Waals surface area contributed by atoms with Crippen molar-refractivity contribution in [1.29, 1.82) is 0 Å². The second kappa shape index (κ2) is 9.11. The summed E-state index contributed by atoms with van der Waals surface area (Å²) < 4.78 is 12.6. The molecule has 1 amide bonds. The standard InChI is InChI=1S/C23H23N3O3S/c1-28-12-11-26-20-6-4-3-5-17(20)13-21(26)23-25-19(15-30-23)22(27)24-14-16-7-9-18(29-2)10-8-16/h3-10,13,15H,11-12,14H2,1-2H3,(H,24,27). The van der Waals surface area contributed by atoms with Crippen LogP contribution in [0.3, 0.4) is 0 Å². The van der Waals surface area contributed by atoms with E-state index in [1.54, 1.807) is 19.6 Å². The lowest BCUT2D eigenvalue weighted by atomic mass is 10.2. The van der Waals surface area contributed by atoms with E-state index >= 15 is 0 Å². The van der Waals surface area contributed by atoms with Gasteiger partial charge in [0, 0.05) is 36.5 Å². The first-order chi connectivity index (χ1) is 14.7. The zero-order chi connectivity index (χ0) is 20.9. The zero-order valence-corrected chi connectivity index (χ0v) is 17.7. The predicted molar refractivity (Wildman–Crippen MR) is 119 cm³/mol. The number of hydrogen-bond donors (Lipinski definition) is 1. The van der Waals surface area contributed by atoms with Crippen LogP contribution < -0.4 is 10.1 Å². The number of fused-ring (bicyclic) bond motifs is 1. The maximum Gasteiger partial charge on any atom is 0.271 e. The molecule has 2 aromatic heterocycles. The Bertz CT molecular complexity index is 1150. The summed E-state index contributed by atoms with van der Waals surface area (Å²) in [4.78, 5) is 17.2. The molecule has 7 heteroatoms. The summed E-state index contributed by atoms with van der Waals surface area (Å²) in [6.07, 6.45) is 0. The summed E-state index contributed by atoms with van der Waals surface area (Å²) in [5.41, 5.74) is 3.55. The Morgan fingerprint density at radius 3 is 2.70 bits per heavy atom. The molecule has 0 fully saturated rings. The molecule has 154 valence electrons. The van der Waals surface area contributed by atoms with Crippen LogP contribution in [0.25, 0.3) is 21.6 Å². The number of hydrogen-bond acceptors (Lipinski definition) is 5. The Balaban J connectivity index is 1.52. The van der Waals surface area contributed by atoms with Crippen LogP contribution in [0.2, 0.25) is 0 Å². The minimum absolute atomic E-state index is 0.187. The van der Waals surface area contributed by atoms with E-state index in [4.69, 9.17) is 9.47 Å². The molecule has 1 N–H and O–H groups in total. The smallest absolute Gasteiger partial charge is 0.271 e. The quantitative estimate of drug-likeness (QED) is 0.459. The first-order valence-corrected chi connectivity index (χ1v) is 10.5. The molecule has 0 aliphatic carbocycles. The first kappa shape index (κ1) is 20.1. The van der Waals surface area contributed by atoms with E-state index in [2.05, 4.69) is 33.1 Å². The van der Waals surface area contributed by atoms with Crippen molar-refractivity contribution in [3.05, 3.63) is 71.2 Å². The molecule has 0 aliphatic rings. The fraction of sp³-hybridized carbons (Fsp3) is 0.217. The number of rotatable bonds is 8. The van der Waals surface area contributed by atoms with E-state index in [1.165, 1.54) is 11.3 Å². The average molecular weight is 422 g/mol. The zero-order valence-electron chi connectivity index (χ0n) is 16.9. The highest BCUT2D eigenvalue weighted by Crippen LogP contribution is 2.30. The van der Waals surface area contributed by atoms with Crippen molar-refractivity contribution in [2.24, 2.45) is 0 Å². The molecule has 4 rings (SSSR count). The number of aromatic nitrogens is 2. The molecule has 0 saturated heterocycles. The molecule has 0 atom stereocenters. The maximum atomic E-state index is 12.6. The van der Waals surface area contributed by atoms with Crippen molar-refractivity contribution < 1.29 is 14.3 Å². The fourth-order valence-corrected chi connectivity index (χ4v) is 4.15. The summed E-state index contributed by atoms with van der Waals surface area (Å²) in [7, 11) is 3.32. The van der Waals surface area contributed by atoms with Crippen LogP contribution in [-0.4, -0.2) is 36.3 Å². The molecule has 0 bridgehead atoms. The minimum Gasteiger partial charge on any atom is -0.497 e. The second-order valence-electron chi connectivity index (χ2n) is 6.80. The Hall–Kier alpha value is -3.16. The molecule has 4 aromatic rings. The van der Waals surface area contributed by atoms with Gasteiger partial charge in [-0.1, -0.05) is 30.3 Å². The third-order valence-electron chi connectivity index (χ3n) is 4.90. The van der Waals surface area contributed by atoms with Gasteiger partial charge in [-0.05, 0) is 29.8 Å². The average Bonchev–Trinajstić information content (AvgIpc) is 3.41. The van der Waals surface area contributed by atoms with E-state index in [1.807, 2.05) is 36.4 Å². The van der Waals surface area contributed by atoms with Crippen LogP contribution in [0.5, 0.6) is 5.75 Å². The lowest BCUT2D eigenvalue weighted by Gasteiger charge is -2.08. The van der Waals surface area contributed by atoms with Gasteiger partial charge >= 0.3 is 0 Å². The van der Waals surface area contributed by atoms with Crippen molar-refractivity contribution in [1.82, 2.24) is 14.9 Å². The van der Waals surface area contributed by atoms with Crippen LogP contribution in [0, 0.1) is 0 Å². The summed E-state index contributed by atoms with van der Waals surface area (Å²) in [5, 5.41) is 6.69. The summed E-state index contributed by atoms with van der Waals surface area (Å²) in [6, 6.07) is 17.9. The Kier molecular flexibility index (Phi) is 6.11. The van der Waals surface area contributed by atoms with Gasteiger partial charge in [0.1, 0.15) is 16.5 Å². The van der Waals surface area contributed by atoms with Crippen molar-refractivity contribution in [2.75, 3.05) is 20.8 Å². The first-order valence-electron chi connectivity index (χ1n) is 9.64. The monoisotopic (exact) mass is 421 g/mol. The largest absolute Gasteiger partial charge is 0.497 e. The Labute approximate surface area is 179 Å². The van der Waals surface area contributed by atoms with E-state index in [0.29, 0.717) is 18.8 Å². The molecular formula is C23H23N3O3S. The summed E-state index contributed by atoms with van der Waals surface area (Å²) in [6.45, 7) is 1.76. The van der Waals surface area contributed by atoms with Gasteiger partial charge in [0.15, 0.2) is 0 Å². The number of ether oxygens (including phenoxy) is 2. The molecule has 2 aromatic carbocycles. The molecule has 2 heterocycles. The topological polar surface area (TPSA) is 65.4 Å². The molecule has 0 radical (unpaired) electrons. The fourth-order valence-electron chi connectivity index (χ4n) is 3.32. The number of carbonyl (C=O) groups is 1. The minimum atomic E-state index is -0.187. The van der Waals surface area contributed by atoms with Gasteiger partial charge in [0.05, 0.1) is 19.4 Å². The van der Waals surface area contributed by atoms with Gasteiger partial charge in [0.25, 0.3) is 5.91 Å². The van der Waals surface area contributed by atoms with Crippen molar-refractivity contribution in [3.8, 4) is 16.5 Å². The van der Waals surface area contributed by atoms with Crippen LogP contribution in [0.4, 0.5) is 0 Å². The maximum absolute atomic E-state index is 12.6. The van der Waals surface area contributed by atoms with E-state index in [9.17, 15) is 4.79 Å². The SMILES string of the molecule is COCCn1c(-c2nc(C(=O)NCc3ccc(OC)cc3)cs2)cc2ccccc21. The number of carbonyl (C=O) groups excluding carboxylic acids is 1. The molecule has 0 unspecified atom stereocenters. The van der Waals surface area contributed by atoms with Crippen molar-refractivity contribution >= 4 is 28.1 Å². The van der Waals surface area contributed by atoms with E-state index < -0.39 is 0 Å². The van der Waals surface area contributed by atoms with Crippen LogP contribution in [-0.2, 0) is 17.8 Å². The molecule has 0 saturated carbocycles.